The van der Waals surface area contributed by atoms with Gasteiger partial charge in [0.1, 0.15) is 11.3 Å². The van der Waals surface area contributed by atoms with Crippen molar-refractivity contribution in [3.63, 3.8) is 0 Å². The summed E-state index contributed by atoms with van der Waals surface area (Å²) >= 11 is 6.04. The molecule has 0 aliphatic rings. The molecule has 0 fully saturated rings. The van der Waals surface area contributed by atoms with E-state index in [1.807, 2.05) is 43.3 Å². The van der Waals surface area contributed by atoms with Crippen molar-refractivity contribution < 1.29 is 19.1 Å². The quantitative estimate of drug-likeness (QED) is 0.373. The van der Waals surface area contributed by atoms with Gasteiger partial charge in [0.15, 0.2) is 18.2 Å². The normalized spacial score (nSPS) is 10.7. The van der Waals surface area contributed by atoms with Crippen LogP contribution < -0.4 is 10.1 Å². The Labute approximate surface area is 200 Å². The maximum atomic E-state index is 13.0. The van der Waals surface area contributed by atoms with Gasteiger partial charge in [-0.3, -0.25) is 4.79 Å². The van der Waals surface area contributed by atoms with E-state index >= 15 is 0 Å². The van der Waals surface area contributed by atoms with Gasteiger partial charge in [-0.15, -0.1) is 0 Å². The molecule has 0 aliphatic carbocycles. The molecule has 174 valence electrons. The number of amides is 1. The first kappa shape index (κ1) is 23.1. The van der Waals surface area contributed by atoms with Crippen LogP contribution in [0.4, 0.5) is 5.82 Å². The van der Waals surface area contributed by atoms with Crippen molar-refractivity contribution in [2.24, 2.45) is 0 Å². The zero-order chi connectivity index (χ0) is 24.1. The highest BCUT2D eigenvalue weighted by Crippen LogP contribution is 2.23. The van der Waals surface area contributed by atoms with Gasteiger partial charge in [-0.05, 0) is 55.8 Å². The number of rotatable bonds is 8. The fourth-order valence-corrected chi connectivity index (χ4v) is 3.28. The van der Waals surface area contributed by atoms with Gasteiger partial charge in [0.2, 0.25) is 0 Å². The first-order valence-corrected chi connectivity index (χ1v) is 10.9. The largest absolute Gasteiger partial charge is 0.471 e. The summed E-state index contributed by atoms with van der Waals surface area (Å²) in [7, 11) is 0. The maximum Gasteiger partial charge on any atom is 0.343 e. The van der Waals surface area contributed by atoms with E-state index in [0.717, 1.165) is 5.56 Å². The number of carbonyl (C=O) groups excluding carboxylic acids is 2. The van der Waals surface area contributed by atoms with Gasteiger partial charge in [0.05, 0.1) is 18.5 Å². The Hall–Kier alpha value is -4.11. The van der Waals surface area contributed by atoms with Gasteiger partial charge in [0, 0.05) is 11.2 Å². The summed E-state index contributed by atoms with van der Waals surface area (Å²) in [5, 5.41) is 11.9. The van der Waals surface area contributed by atoms with Crippen LogP contribution in [0.1, 0.15) is 33.3 Å². The molecule has 4 aromatic rings. The first-order valence-electron chi connectivity index (χ1n) is 10.5. The number of nitrogens with zero attached hydrogens (tertiary/aromatic N) is 4. The predicted octanol–water partition coefficient (Wildman–Crippen LogP) is 4.50. The van der Waals surface area contributed by atoms with Gasteiger partial charge in [-0.2, -0.15) is 10.2 Å². The summed E-state index contributed by atoms with van der Waals surface area (Å²) in [6.07, 6.45) is 2.99. The summed E-state index contributed by atoms with van der Waals surface area (Å²) in [5.41, 5.74) is 1.85. The molecule has 0 radical (unpaired) electrons. The number of hydrogen-bond acceptors (Lipinski definition) is 6. The van der Waals surface area contributed by atoms with Crippen molar-refractivity contribution in [3.05, 3.63) is 88.8 Å². The molecule has 34 heavy (non-hydrogen) atoms. The van der Waals surface area contributed by atoms with Crippen LogP contribution in [-0.4, -0.2) is 38.0 Å². The third-order valence-electron chi connectivity index (χ3n) is 4.86. The number of nitrogens with one attached hydrogen (secondary N) is 1. The molecule has 0 saturated carbocycles. The van der Waals surface area contributed by atoms with E-state index in [0.29, 0.717) is 16.5 Å². The summed E-state index contributed by atoms with van der Waals surface area (Å²) < 4.78 is 13.8. The van der Waals surface area contributed by atoms with Gasteiger partial charge in [-0.1, -0.05) is 29.8 Å². The number of para-hydroxylation sites is 1. The molecule has 1 amide bonds. The second kappa shape index (κ2) is 10.2. The minimum absolute atomic E-state index is 0.102. The van der Waals surface area contributed by atoms with Crippen molar-refractivity contribution in [2.45, 2.75) is 20.6 Å². The Morgan fingerprint density at radius 2 is 1.91 bits per heavy atom. The van der Waals surface area contributed by atoms with E-state index in [1.54, 1.807) is 31.3 Å². The first-order chi connectivity index (χ1) is 16.5. The highest BCUT2D eigenvalue weighted by molar-refractivity contribution is 6.31. The van der Waals surface area contributed by atoms with Crippen molar-refractivity contribution in [1.82, 2.24) is 19.6 Å². The summed E-state index contributed by atoms with van der Waals surface area (Å²) in [6, 6.07) is 16.0. The monoisotopic (exact) mass is 479 g/mol. The molecule has 0 unspecified atom stereocenters. The van der Waals surface area contributed by atoms with Crippen LogP contribution in [0.5, 0.6) is 5.75 Å². The van der Waals surface area contributed by atoms with Gasteiger partial charge in [-0.25, -0.2) is 14.2 Å². The number of esters is 1. The van der Waals surface area contributed by atoms with Gasteiger partial charge >= 0.3 is 5.97 Å². The molecule has 2 heterocycles. The average molecular weight is 480 g/mol. The molecule has 9 nitrogen and oxygen atoms in total. The molecule has 10 heteroatoms. The molecular formula is C24H22ClN5O4. The Bertz CT molecular complexity index is 1320. The molecule has 0 saturated heterocycles. The average Bonchev–Trinajstić information content (AvgIpc) is 3.48. The second-order valence-electron chi connectivity index (χ2n) is 7.25. The van der Waals surface area contributed by atoms with E-state index in [1.165, 1.54) is 15.6 Å². The Kier molecular flexibility index (Phi) is 6.93. The zero-order valence-corrected chi connectivity index (χ0v) is 19.3. The summed E-state index contributed by atoms with van der Waals surface area (Å²) in [5.74, 6) is -0.271. The van der Waals surface area contributed by atoms with Crippen LogP contribution in [0.25, 0.3) is 5.69 Å². The van der Waals surface area contributed by atoms with E-state index < -0.39 is 11.9 Å². The van der Waals surface area contributed by atoms with Gasteiger partial charge in [0.25, 0.3) is 5.91 Å². The Morgan fingerprint density at radius 3 is 2.65 bits per heavy atom. The number of aromatic nitrogens is 4. The lowest BCUT2D eigenvalue weighted by Crippen LogP contribution is -2.19. The van der Waals surface area contributed by atoms with Gasteiger partial charge < -0.3 is 14.8 Å². The van der Waals surface area contributed by atoms with Crippen molar-refractivity contribution in [2.75, 3.05) is 11.9 Å². The lowest BCUT2D eigenvalue weighted by molar-refractivity contribution is 0.0527. The number of halogens is 1. The van der Waals surface area contributed by atoms with Crippen LogP contribution in [0.2, 0.25) is 5.02 Å². The number of aryl methyl sites for hydroxylation is 1. The van der Waals surface area contributed by atoms with Crippen LogP contribution >= 0.6 is 11.6 Å². The van der Waals surface area contributed by atoms with Crippen molar-refractivity contribution in [1.29, 1.82) is 0 Å². The second-order valence-corrected chi connectivity index (χ2v) is 7.66. The zero-order valence-electron chi connectivity index (χ0n) is 18.6. The third kappa shape index (κ3) is 5.10. The highest BCUT2D eigenvalue weighted by atomic mass is 35.5. The SMILES string of the molecule is CCOC(=O)c1cnn(-c2ccccc2)c1NC(=O)c1ccn(COc2ccc(Cl)c(C)c2)n1. The lowest BCUT2D eigenvalue weighted by atomic mass is 10.2. The molecule has 0 aliphatic heterocycles. The third-order valence-corrected chi connectivity index (χ3v) is 5.29. The van der Waals surface area contributed by atoms with E-state index in [9.17, 15) is 9.59 Å². The molecule has 0 bridgehead atoms. The Morgan fingerprint density at radius 1 is 1.12 bits per heavy atom. The molecule has 0 atom stereocenters. The number of benzene rings is 2. The minimum atomic E-state index is -0.586. The predicted molar refractivity (Wildman–Crippen MR) is 127 cm³/mol. The molecular weight excluding hydrogens is 458 g/mol. The highest BCUT2D eigenvalue weighted by Gasteiger charge is 2.23. The summed E-state index contributed by atoms with van der Waals surface area (Å²) in [6.45, 7) is 3.89. The smallest absolute Gasteiger partial charge is 0.343 e. The van der Waals surface area contributed by atoms with Crippen LogP contribution in [0, 0.1) is 6.92 Å². The number of carbonyl (C=O) groups is 2. The molecule has 4 rings (SSSR count). The lowest BCUT2D eigenvalue weighted by Gasteiger charge is -2.10. The van der Waals surface area contributed by atoms with Crippen molar-refractivity contribution >= 4 is 29.3 Å². The topological polar surface area (TPSA) is 100 Å². The Balaban J connectivity index is 1.52. The van der Waals surface area contributed by atoms with Crippen LogP contribution in [0.15, 0.2) is 67.0 Å². The molecule has 1 N–H and O–H groups in total. The number of ether oxygens (including phenoxy) is 2. The van der Waals surface area contributed by atoms with Crippen LogP contribution in [-0.2, 0) is 11.5 Å². The fourth-order valence-electron chi connectivity index (χ4n) is 3.17. The molecule has 0 spiro atoms. The van der Waals surface area contributed by atoms with Crippen molar-refractivity contribution in [3.8, 4) is 11.4 Å². The standard InChI is InChI=1S/C24H22ClN5O4/c1-3-33-24(32)19-14-26-30(17-7-5-4-6-8-17)22(19)27-23(31)21-11-12-29(28-21)15-34-18-9-10-20(25)16(2)13-18/h4-14H,3,15H2,1-2H3,(H,27,31). The number of hydrogen-bond donors (Lipinski definition) is 1. The minimum Gasteiger partial charge on any atom is -0.471 e. The summed E-state index contributed by atoms with van der Waals surface area (Å²) in [4.78, 5) is 25.4. The van der Waals surface area contributed by atoms with Crippen LogP contribution in [0.3, 0.4) is 0 Å². The fraction of sp³-hybridized carbons (Fsp3) is 0.167. The van der Waals surface area contributed by atoms with E-state index in [4.69, 9.17) is 21.1 Å². The van der Waals surface area contributed by atoms with E-state index in [-0.39, 0.29) is 30.4 Å². The molecule has 2 aromatic heterocycles. The van der Waals surface area contributed by atoms with E-state index in [2.05, 4.69) is 15.5 Å². The number of anilines is 1. The maximum absolute atomic E-state index is 13.0. The molecule has 2 aromatic carbocycles.